The largest absolute Gasteiger partial charge is 0.398 e. The van der Waals surface area contributed by atoms with Crippen molar-refractivity contribution in [1.29, 1.82) is 0 Å². The van der Waals surface area contributed by atoms with E-state index >= 15 is 0 Å². The fourth-order valence-corrected chi connectivity index (χ4v) is 2.17. The van der Waals surface area contributed by atoms with Gasteiger partial charge in [-0.2, -0.15) is 5.10 Å². The summed E-state index contributed by atoms with van der Waals surface area (Å²) in [6.07, 6.45) is 4.51. The van der Waals surface area contributed by atoms with Crippen LogP contribution < -0.4 is 5.73 Å². The van der Waals surface area contributed by atoms with Gasteiger partial charge >= 0.3 is 0 Å². The summed E-state index contributed by atoms with van der Waals surface area (Å²) in [5.41, 5.74) is 9.64. The van der Waals surface area contributed by atoms with Crippen molar-refractivity contribution in [1.82, 2.24) is 9.78 Å². The molecule has 1 aromatic carbocycles. The minimum atomic E-state index is 0.578. The Morgan fingerprint density at radius 3 is 2.88 bits per heavy atom. The number of benzene rings is 1. The highest BCUT2D eigenvalue weighted by Gasteiger charge is 2.26. The highest BCUT2D eigenvalue weighted by Crippen LogP contribution is 2.39. The molecule has 17 heavy (non-hydrogen) atoms. The van der Waals surface area contributed by atoms with Gasteiger partial charge < -0.3 is 5.73 Å². The number of halogens is 1. The van der Waals surface area contributed by atoms with Crippen LogP contribution in [0.5, 0.6) is 0 Å². The summed E-state index contributed by atoms with van der Waals surface area (Å²) in [6, 6.07) is 5.84. The molecule has 4 heteroatoms. The molecule has 1 aliphatic rings. The summed E-state index contributed by atoms with van der Waals surface area (Å²) < 4.78 is 1.88. The number of nitrogen functional groups attached to an aromatic ring is 1. The maximum absolute atomic E-state index is 6.05. The molecule has 0 amide bonds. The Labute approximate surface area is 105 Å². The van der Waals surface area contributed by atoms with Crippen LogP contribution >= 0.6 is 11.6 Å². The molecule has 1 heterocycles. The molecule has 88 valence electrons. The first kappa shape index (κ1) is 10.7. The Morgan fingerprint density at radius 2 is 2.18 bits per heavy atom. The molecule has 0 radical (unpaired) electrons. The summed E-state index contributed by atoms with van der Waals surface area (Å²) in [5.74, 6) is 0.667. The minimum Gasteiger partial charge on any atom is -0.398 e. The third-order valence-electron chi connectivity index (χ3n) is 3.17. The van der Waals surface area contributed by atoms with Crippen molar-refractivity contribution in [2.75, 3.05) is 5.73 Å². The first-order chi connectivity index (χ1) is 8.15. The average Bonchev–Trinajstić information content (AvgIpc) is 3.03. The molecule has 1 fully saturated rings. The van der Waals surface area contributed by atoms with Gasteiger partial charge in [-0.25, -0.2) is 4.68 Å². The molecule has 1 saturated carbocycles. The fourth-order valence-electron chi connectivity index (χ4n) is 2.01. The number of anilines is 1. The first-order valence-corrected chi connectivity index (χ1v) is 6.14. The van der Waals surface area contributed by atoms with E-state index in [2.05, 4.69) is 11.2 Å². The molecule has 0 saturated heterocycles. The highest BCUT2D eigenvalue weighted by molar-refractivity contribution is 6.33. The Kier molecular flexibility index (Phi) is 2.37. The Bertz CT molecular complexity index is 570. The summed E-state index contributed by atoms with van der Waals surface area (Å²) in [6.45, 7) is 2.01. The lowest BCUT2D eigenvalue weighted by Crippen LogP contribution is -2.00. The van der Waals surface area contributed by atoms with Crippen molar-refractivity contribution >= 4 is 17.3 Å². The van der Waals surface area contributed by atoms with E-state index in [9.17, 15) is 0 Å². The molecule has 0 spiro atoms. The summed E-state index contributed by atoms with van der Waals surface area (Å²) in [7, 11) is 0. The summed E-state index contributed by atoms with van der Waals surface area (Å²) >= 11 is 6.05. The van der Waals surface area contributed by atoms with Crippen LogP contribution in [0.4, 0.5) is 5.69 Å². The van der Waals surface area contributed by atoms with Crippen molar-refractivity contribution in [2.45, 2.75) is 25.7 Å². The molecule has 0 aliphatic heterocycles. The Morgan fingerprint density at radius 1 is 1.41 bits per heavy atom. The highest BCUT2D eigenvalue weighted by atomic mass is 35.5. The van der Waals surface area contributed by atoms with Crippen LogP contribution in [0.2, 0.25) is 5.02 Å². The lowest BCUT2D eigenvalue weighted by Gasteiger charge is -2.08. The van der Waals surface area contributed by atoms with Crippen molar-refractivity contribution in [3.63, 3.8) is 0 Å². The van der Waals surface area contributed by atoms with E-state index in [1.807, 2.05) is 29.9 Å². The van der Waals surface area contributed by atoms with E-state index in [1.54, 1.807) is 0 Å². The van der Waals surface area contributed by atoms with Gasteiger partial charge in [-0.15, -0.1) is 0 Å². The maximum atomic E-state index is 6.05. The zero-order valence-corrected chi connectivity index (χ0v) is 10.4. The monoisotopic (exact) mass is 247 g/mol. The van der Waals surface area contributed by atoms with Crippen molar-refractivity contribution < 1.29 is 0 Å². The van der Waals surface area contributed by atoms with Gasteiger partial charge in [0.2, 0.25) is 0 Å². The second-order valence-electron chi connectivity index (χ2n) is 4.62. The summed E-state index contributed by atoms with van der Waals surface area (Å²) in [4.78, 5) is 0. The third-order valence-corrected chi connectivity index (χ3v) is 3.49. The standard InChI is InChI=1S/C13H14ClN3/c1-8-6-11(15)10(14)7-13(8)17-5-4-12(16-17)9-2-3-9/h4-7,9H,2-3,15H2,1H3. The van der Waals surface area contributed by atoms with Crippen LogP contribution in [0, 0.1) is 6.92 Å². The molecule has 3 nitrogen and oxygen atoms in total. The number of hydrogen-bond donors (Lipinski definition) is 1. The van der Waals surface area contributed by atoms with Crippen LogP contribution in [-0.4, -0.2) is 9.78 Å². The van der Waals surface area contributed by atoms with Gasteiger partial charge in [0.25, 0.3) is 0 Å². The SMILES string of the molecule is Cc1cc(N)c(Cl)cc1-n1ccc(C2CC2)n1. The molecule has 1 aromatic heterocycles. The molecule has 2 N–H and O–H groups in total. The average molecular weight is 248 g/mol. The smallest absolute Gasteiger partial charge is 0.0691 e. The zero-order chi connectivity index (χ0) is 12.0. The lowest BCUT2D eigenvalue weighted by atomic mass is 10.2. The van der Waals surface area contributed by atoms with Gasteiger partial charge in [0.1, 0.15) is 0 Å². The second-order valence-corrected chi connectivity index (χ2v) is 5.03. The van der Waals surface area contributed by atoms with Crippen LogP contribution in [0.25, 0.3) is 5.69 Å². The number of nitrogens with two attached hydrogens (primary N) is 1. The van der Waals surface area contributed by atoms with Gasteiger partial charge in [0, 0.05) is 12.1 Å². The molecular formula is C13H14ClN3. The number of aryl methyl sites for hydroxylation is 1. The number of nitrogens with zero attached hydrogens (tertiary/aromatic N) is 2. The minimum absolute atomic E-state index is 0.578. The molecule has 3 rings (SSSR count). The molecule has 0 unspecified atom stereocenters. The predicted octanol–water partition coefficient (Wildman–Crippen LogP) is 3.29. The maximum Gasteiger partial charge on any atom is 0.0691 e. The van der Waals surface area contributed by atoms with E-state index in [1.165, 1.54) is 18.5 Å². The molecule has 2 aromatic rings. The van der Waals surface area contributed by atoms with E-state index in [0.29, 0.717) is 16.6 Å². The first-order valence-electron chi connectivity index (χ1n) is 5.76. The normalized spacial score (nSPS) is 15.2. The fraction of sp³-hybridized carbons (Fsp3) is 0.308. The Hall–Kier alpha value is -1.48. The number of hydrogen-bond acceptors (Lipinski definition) is 2. The van der Waals surface area contributed by atoms with Crippen molar-refractivity contribution in [3.8, 4) is 5.69 Å². The van der Waals surface area contributed by atoms with Gasteiger partial charge in [-0.05, 0) is 43.5 Å². The number of aromatic nitrogens is 2. The predicted molar refractivity (Wildman–Crippen MR) is 69.7 cm³/mol. The van der Waals surface area contributed by atoms with Gasteiger partial charge in [-0.3, -0.25) is 0 Å². The molecule has 0 atom stereocenters. The zero-order valence-electron chi connectivity index (χ0n) is 9.65. The molecular weight excluding hydrogens is 234 g/mol. The van der Waals surface area contributed by atoms with Gasteiger partial charge in [0.05, 0.1) is 22.1 Å². The summed E-state index contributed by atoms with van der Waals surface area (Å²) in [5, 5.41) is 5.17. The van der Waals surface area contributed by atoms with Crippen LogP contribution in [0.15, 0.2) is 24.4 Å². The van der Waals surface area contributed by atoms with E-state index in [0.717, 1.165) is 11.3 Å². The molecule has 1 aliphatic carbocycles. The van der Waals surface area contributed by atoms with E-state index in [4.69, 9.17) is 17.3 Å². The van der Waals surface area contributed by atoms with E-state index in [-0.39, 0.29) is 0 Å². The van der Waals surface area contributed by atoms with Crippen LogP contribution in [0.3, 0.4) is 0 Å². The van der Waals surface area contributed by atoms with E-state index < -0.39 is 0 Å². The van der Waals surface area contributed by atoms with Crippen molar-refractivity contribution in [2.24, 2.45) is 0 Å². The Balaban J connectivity index is 2.04. The van der Waals surface area contributed by atoms with Crippen LogP contribution in [-0.2, 0) is 0 Å². The van der Waals surface area contributed by atoms with Crippen LogP contribution in [0.1, 0.15) is 30.0 Å². The topological polar surface area (TPSA) is 43.8 Å². The quantitative estimate of drug-likeness (QED) is 0.828. The van der Waals surface area contributed by atoms with Gasteiger partial charge in [-0.1, -0.05) is 11.6 Å². The number of rotatable bonds is 2. The second kappa shape index (κ2) is 3.77. The molecule has 0 bridgehead atoms. The lowest BCUT2D eigenvalue weighted by molar-refractivity contribution is 0.832. The van der Waals surface area contributed by atoms with Crippen molar-refractivity contribution in [3.05, 3.63) is 40.7 Å². The van der Waals surface area contributed by atoms with Gasteiger partial charge in [0.15, 0.2) is 0 Å². The third kappa shape index (κ3) is 1.91.